The van der Waals surface area contributed by atoms with Gasteiger partial charge in [-0.1, -0.05) is 0 Å². The summed E-state index contributed by atoms with van der Waals surface area (Å²) in [7, 11) is 0. The monoisotopic (exact) mass is 339 g/mol. The predicted molar refractivity (Wildman–Crippen MR) is 92.0 cm³/mol. The minimum atomic E-state index is -1.16. The molecule has 2 aliphatic heterocycles. The van der Waals surface area contributed by atoms with Crippen LogP contribution in [0, 0.1) is 0 Å². The summed E-state index contributed by atoms with van der Waals surface area (Å²) in [5.74, 6) is 1.11. The SMILES string of the molecule is CC1Oc2cc(N3CCCC3=O)ccc2-c2cnc(NC(=O)O)cc21. The highest BCUT2D eigenvalue weighted by atomic mass is 16.5. The first-order valence-corrected chi connectivity index (χ1v) is 8.14. The van der Waals surface area contributed by atoms with Crippen LogP contribution >= 0.6 is 0 Å². The Morgan fingerprint density at radius 1 is 1.36 bits per heavy atom. The molecule has 1 atom stereocenters. The van der Waals surface area contributed by atoms with Crippen LogP contribution in [0.1, 0.15) is 31.4 Å². The van der Waals surface area contributed by atoms with E-state index in [1.807, 2.05) is 25.1 Å². The Hall–Kier alpha value is -3.09. The van der Waals surface area contributed by atoms with Crippen LogP contribution in [0.15, 0.2) is 30.5 Å². The lowest BCUT2D eigenvalue weighted by atomic mass is 9.94. The number of benzene rings is 1. The van der Waals surface area contributed by atoms with Crippen molar-refractivity contribution in [3.8, 4) is 16.9 Å². The van der Waals surface area contributed by atoms with Crippen molar-refractivity contribution in [3.63, 3.8) is 0 Å². The maximum absolute atomic E-state index is 12.0. The van der Waals surface area contributed by atoms with Gasteiger partial charge in [-0.25, -0.2) is 9.78 Å². The smallest absolute Gasteiger partial charge is 0.410 e. The Bertz CT molecular complexity index is 881. The molecule has 3 heterocycles. The highest BCUT2D eigenvalue weighted by Gasteiger charge is 2.27. The Balaban J connectivity index is 1.73. The molecule has 2 amide bonds. The van der Waals surface area contributed by atoms with Crippen molar-refractivity contribution >= 4 is 23.5 Å². The third-order valence-electron chi connectivity index (χ3n) is 4.55. The average molecular weight is 339 g/mol. The van der Waals surface area contributed by atoms with Gasteiger partial charge < -0.3 is 14.7 Å². The van der Waals surface area contributed by atoms with Crippen molar-refractivity contribution in [2.75, 3.05) is 16.8 Å². The summed E-state index contributed by atoms with van der Waals surface area (Å²) in [5, 5.41) is 11.1. The number of carboxylic acid groups (broad SMARTS) is 1. The maximum Gasteiger partial charge on any atom is 0.410 e. The molecule has 1 unspecified atom stereocenters. The zero-order valence-electron chi connectivity index (χ0n) is 13.7. The molecule has 7 nitrogen and oxygen atoms in total. The summed E-state index contributed by atoms with van der Waals surface area (Å²) in [4.78, 5) is 28.7. The van der Waals surface area contributed by atoms with Gasteiger partial charge in [0.2, 0.25) is 5.91 Å². The molecule has 2 aliphatic rings. The first kappa shape index (κ1) is 15.4. The number of hydrogen-bond donors (Lipinski definition) is 2. The van der Waals surface area contributed by atoms with Crippen molar-refractivity contribution in [1.82, 2.24) is 4.98 Å². The predicted octanol–water partition coefficient (Wildman–Crippen LogP) is 3.42. The van der Waals surface area contributed by atoms with Gasteiger partial charge in [0, 0.05) is 47.6 Å². The summed E-state index contributed by atoms with van der Waals surface area (Å²) in [6.07, 6.45) is 1.71. The standard InChI is InChI=1S/C18H17N3O4/c1-10-13-8-16(20-18(23)24)19-9-14(13)12-5-4-11(7-15(12)25-10)21-6-2-3-17(21)22/h4-5,7-10H,2-3,6H2,1H3,(H,19,20)(H,23,24). The maximum atomic E-state index is 12.0. The number of nitrogens with zero attached hydrogens (tertiary/aromatic N) is 2. The van der Waals surface area contributed by atoms with Gasteiger partial charge in [0.05, 0.1) is 0 Å². The molecule has 2 aromatic rings. The van der Waals surface area contributed by atoms with E-state index in [1.165, 1.54) is 0 Å². The molecule has 0 aliphatic carbocycles. The van der Waals surface area contributed by atoms with Crippen LogP contribution in [-0.2, 0) is 4.79 Å². The lowest BCUT2D eigenvalue weighted by molar-refractivity contribution is -0.117. The molecular formula is C18H17N3O4. The van der Waals surface area contributed by atoms with Crippen LogP contribution in [0.25, 0.3) is 11.1 Å². The second-order valence-corrected chi connectivity index (χ2v) is 6.18. The quantitative estimate of drug-likeness (QED) is 0.875. The highest BCUT2D eigenvalue weighted by molar-refractivity contribution is 5.96. The molecule has 1 aromatic carbocycles. The molecule has 128 valence electrons. The van der Waals surface area contributed by atoms with Gasteiger partial charge in [-0.2, -0.15) is 0 Å². The number of hydrogen-bond acceptors (Lipinski definition) is 4. The minimum Gasteiger partial charge on any atom is -0.485 e. The summed E-state index contributed by atoms with van der Waals surface area (Å²) in [6.45, 7) is 2.63. The van der Waals surface area contributed by atoms with Gasteiger partial charge in [0.25, 0.3) is 0 Å². The van der Waals surface area contributed by atoms with E-state index in [0.29, 0.717) is 12.2 Å². The zero-order valence-corrected chi connectivity index (χ0v) is 13.7. The number of fused-ring (bicyclic) bond motifs is 3. The number of carbonyl (C=O) groups is 2. The van der Waals surface area contributed by atoms with E-state index in [4.69, 9.17) is 9.84 Å². The fourth-order valence-electron chi connectivity index (χ4n) is 3.38. The Morgan fingerprint density at radius 2 is 2.20 bits per heavy atom. The van der Waals surface area contributed by atoms with Gasteiger partial charge in [0.15, 0.2) is 0 Å². The molecular weight excluding hydrogens is 322 g/mol. The Kier molecular flexibility index (Phi) is 3.56. The molecule has 0 radical (unpaired) electrons. The normalized spacial score (nSPS) is 18.4. The molecule has 1 saturated heterocycles. The van der Waals surface area contributed by atoms with Gasteiger partial charge >= 0.3 is 6.09 Å². The number of rotatable bonds is 2. The first-order valence-electron chi connectivity index (χ1n) is 8.14. The van der Waals surface area contributed by atoms with Crippen LogP contribution in [-0.4, -0.2) is 28.6 Å². The van der Waals surface area contributed by atoms with E-state index in [9.17, 15) is 9.59 Å². The van der Waals surface area contributed by atoms with E-state index < -0.39 is 6.09 Å². The van der Waals surface area contributed by atoms with Crippen LogP contribution in [0.2, 0.25) is 0 Å². The van der Waals surface area contributed by atoms with Crippen molar-refractivity contribution < 1.29 is 19.4 Å². The van der Waals surface area contributed by atoms with Gasteiger partial charge in [-0.15, -0.1) is 0 Å². The van der Waals surface area contributed by atoms with E-state index in [2.05, 4.69) is 10.3 Å². The molecule has 25 heavy (non-hydrogen) atoms. The van der Waals surface area contributed by atoms with E-state index in [0.717, 1.165) is 35.3 Å². The second kappa shape index (κ2) is 5.77. The molecule has 2 N–H and O–H groups in total. The molecule has 4 rings (SSSR count). The zero-order chi connectivity index (χ0) is 17.6. The van der Waals surface area contributed by atoms with Gasteiger partial charge in [-0.05, 0) is 31.5 Å². The van der Waals surface area contributed by atoms with Crippen LogP contribution in [0.4, 0.5) is 16.3 Å². The van der Waals surface area contributed by atoms with Crippen LogP contribution < -0.4 is 15.0 Å². The molecule has 7 heteroatoms. The number of aromatic nitrogens is 1. The number of anilines is 2. The van der Waals surface area contributed by atoms with E-state index >= 15 is 0 Å². The Labute approximate surface area is 144 Å². The average Bonchev–Trinajstić information content (AvgIpc) is 3.00. The van der Waals surface area contributed by atoms with Crippen LogP contribution in [0.5, 0.6) is 5.75 Å². The summed E-state index contributed by atoms with van der Waals surface area (Å²) in [5.41, 5.74) is 3.51. The summed E-state index contributed by atoms with van der Waals surface area (Å²) in [6, 6.07) is 7.41. The molecule has 1 fully saturated rings. The highest BCUT2D eigenvalue weighted by Crippen LogP contribution is 2.44. The fourth-order valence-corrected chi connectivity index (χ4v) is 3.38. The molecule has 0 spiro atoms. The number of carbonyl (C=O) groups excluding carboxylic acids is 1. The lowest BCUT2D eigenvalue weighted by Crippen LogP contribution is -2.24. The second-order valence-electron chi connectivity index (χ2n) is 6.18. The third kappa shape index (κ3) is 2.67. The summed E-state index contributed by atoms with van der Waals surface area (Å²) < 4.78 is 6.01. The number of pyridine rings is 1. The van der Waals surface area contributed by atoms with Crippen LogP contribution in [0.3, 0.4) is 0 Å². The largest absolute Gasteiger partial charge is 0.485 e. The molecule has 1 aromatic heterocycles. The number of nitrogens with one attached hydrogen (secondary N) is 1. The van der Waals surface area contributed by atoms with Crippen molar-refractivity contribution in [1.29, 1.82) is 0 Å². The molecule has 0 saturated carbocycles. The topological polar surface area (TPSA) is 91.8 Å². The van der Waals surface area contributed by atoms with Crippen molar-refractivity contribution in [2.45, 2.75) is 25.9 Å². The number of ether oxygens (including phenoxy) is 1. The van der Waals surface area contributed by atoms with Crippen molar-refractivity contribution in [3.05, 3.63) is 36.0 Å². The van der Waals surface area contributed by atoms with Gasteiger partial charge in [-0.3, -0.25) is 10.1 Å². The Morgan fingerprint density at radius 3 is 2.92 bits per heavy atom. The van der Waals surface area contributed by atoms with E-state index in [-0.39, 0.29) is 17.8 Å². The fraction of sp³-hybridized carbons (Fsp3) is 0.278. The number of amides is 2. The summed E-state index contributed by atoms with van der Waals surface area (Å²) >= 11 is 0. The van der Waals surface area contributed by atoms with E-state index in [1.54, 1.807) is 17.2 Å². The molecule has 0 bridgehead atoms. The minimum absolute atomic E-state index is 0.135. The van der Waals surface area contributed by atoms with Crippen molar-refractivity contribution in [2.24, 2.45) is 0 Å². The van der Waals surface area contributed by atoms with Gasteiger partial charge in [0.1, 0.15) is 17.7 Å². The first-order chi connectivity index (χ1) is 12.0. The lowest BCUT2D eigenvalue weighted by Gasteiger charge is -2.28. The third-order valence-corrected chi connectivity index (χ3v) is 4.55.